The molecular weight excluding hydrogens is 659 g/mol. The molecule has 0 unspecified atom stereocenters. The van der Waals surface area contributed by atoms with Crippen LogP contribution in [0, 0.1) is 5.82 Å². The lowest BCUT2D eigenvalue weighted by molar-refractivity contribution is -0.122. The minimum Gasteiger partial charge on any atom is -0.489 e. The first-order chi connectivity index (χ1) is 19.8. The quantitative estimate of drug-likeness (QED) is 0.158. The van der Waals surface area contributed by atoms with Gasteiger partial charge in [0, 0.05) is 10.0 Å². The highest BCUT2D eigenvalue weighted by molar-refractivity contribution is 9.11. The third kappa shape index (κ3) is 6.72. The highest BCUT2D eigenvalue weighted by Gasteiger charge is 2.37. The smallest absolute Gasteiger partial charge is 0.335 e. The number of amides is 4. The number of carbonyl (C=O) groups is 3. The van der Waals surface area contributed by atoms with Gasteiger partial charge < -0.3 is 9.47 Å². The maximum absolute atomic E-state index is 13.6. The first kappa shape index (κ1) is 28.3. The van der Waals surface area contributed by atoms with Crippen LogP contribution in [0.4, 0.5) is 14.9 Å². The number of halogens is 3. The number of rotatable bonds is 8. The second-order valence-corrected chi connectivity index (χ2v) is 10.7. The Hall–Kier alpha value is -4.28. The van der Waals surface area contributed by atoms with Crippen molar-refractivity contribution >= 4 is 61.5 Å². The first-order valence-electron chi connectivity index (χ1n) is 12.3. The van der Waals surface area contributed by atoms with Gasteiger partial charge in [0.05, 0.1) is 10.2 Å². The lowest BCUT2D eigenvalue weighted by atomic mass is 10.1. The molecule has 0 aromatic heterocycles. The van der Waals surface area contributed by atoms with Crippen molar-refractivity contribution in [2.75, 3.05) is 4.90 Å². The second-order valence-electron chi connectivity index (χ2n) is 8.95. The van der Waals surface area contributed by atoms with Crippen LogP contribution in [0.15, 0.2) is 106 Å². The molecule has 0 radical (unpaired) electrons. The van der Waals surface area contributed by atoms with Crippen molar-refractivity contribution < 1.29 is 28.2 Å². The standard InChI is InChI=1S/C31H21Br2FN2O5/c32-22-14-21(28(27(33)16-22)41-18-20-7-4-8-23(34)13-20)15-26-29(37)35-31(39)36(30(26)38)24-9-11-25(12-10-24)40-17-19-5-2-1-3-6-19/h1-16H,17-18H2,(H,35,37,39)/b26-15+. The molecule has 1 heterocycles. The van der Waals surface area contributed by atoms with E-state index < -0.39 is 23.7 Å². The Balaban J connectivity index is 1.39. The van der Waals surface area contributed by atoms with Crippen LogP contribution in [0.2, 0.25) is 0 Å². The largest absolute Gasteiger partial charge is 0.489 e. The van der Waals surface area contributed by atoms with Gasteiger partial charge in [-0.1, -0.05) is 58.4 Å². The number of nitrogens with one attached hydrogen (secondary N) is 1. The molecule has 1 aliphatic heterocycles. The van der Waals surface area contributed by atoms with Crippen molar-refractivity contribution in [3.05, 3.63) is 128 Å². The van der Waals surface area contributed by atoms with Crippen LogP contribution < -0.4 is 19.7 Å². The summed E-state index contributed by atoms with van der Waals surface area (Å²) in [7, 11) is 0. The normalized spacial score (nSPS) is 14.3. The van der Waals surface area contributed by atoms with E-state index in [2.05, 4.69) is 37.2 Å². The lowest BCUT2D eigenvalue weighted by Gasteiger charge is -2.26. The molecule has 1 aliphatic rings. The molecule has 10 heteroatoms. The van der Waals surface area contributed by atoms with E-state index in [0.29, 0.717) is 38.2 Å². The third-order valence-electron chi connectivity index (χ3n) is 6.05. The van der Waals surface area contributed by atoms with E-state index in [1.54, 1.807) is 48.5 Å². The summed E-state index contributed by atoms with van der Waals surface area (Å²) in [6.45, 7) is 0.397. The Kier molecular flexibility index (Phi) is 8.61. The number of anilines is 1. The molecule has 0 atom stereocenters. The van der Waals surface area contributed by atoms with Gasteiger partial charge >= 0.3 is 6.03 Å². The maximum Gasteiger partial charge on any atom is 0.335 e. The fourth-order valence-corrected chi connectivity index (χ4v) is 5.47. The van der Waals surface area contributed by atoms with Gasteiger partial charge in [-0.05, 0) is 81.7 Å². The van der Waals surface area contributed by atoms with E-state index in [1.165, 1.54) is 18.2 Å². The fraction of sp³-hybridized carbons (Fsp3) is 0.0645. The number of urea groups is 1. The maximum atomic E-state index is 13.6. The zero-order valence-electron chi connectivity index (χ0n) is 21.3. The molecule has 0 bridgehead atoms. The predicted molar refractivity (Wildman–Crippen MR) is 159 cm³/mol. The summed E-state index contributed by atoms with van der Waals surface area (Å²) in [6.07, 6.45) is 1.35. The highest BCUT2D eigenvalue weighted by Crippen LogP contribution is 2.36. The van der Waals surface area contributed by atoms with Gasteiger partial charge in [0.25, 0.3) is 11.8 Å². The molecule has 7 nitrogen and oxygen atoms in total. The molecule has 0 spiro atoms. The number of benzene rings is 4. The van der Waals surface area contributed by atoms with E-state index in [0.717, 1.165) is 10.5 Å². The summed E-state index contributed by atoms with van der Waals surface area (Å²) < 4.78 is 26.6. The molecule has 0 aliphatic carbocycles. The lowest BCUT2D eigenvalue weighted by Crippen LogP contribution is -2.54. The summed E-state index contributed by atoms with van der Waals surface area (Å²) in [6, 6.07) is 24.6. The molecule has 1 saturated heterocycles. The molecule has 5 rings (SSSR count). The van der Waals surface area contributed by atoms with Crippen LogP contribution >= 0.6 is 31.9 Å². The topological polar surface area (TPSA) is 84.9 Å². The van der Waals surface area contributed by atoms with Crippen molar-refractivity contribution in [1.82, 2.24) is 5.32 Å². The van der Waals surface area contributed by atoms with Gasteiger partial charge in [0.15, 0.2) is 0 Å². The zero-order chi connectivity index (χ0) is 28.9. The molecule has 1 fully saturated rings. The summed E-state index contributed by atoms with van der Waals surface area (Å²) >= 11 is 6.87. The van der Waals surface area contributed by atoms with E-state index in [1.807, 2.05) is 30.3 Å². The van der Waals surface area contributed by atoms with Crippen LogP contribution in [0.25, 0.3) is 6.08 Å². The first-order valence-corrected chi connectivity index (χ1v) is 13.9. The van der Waals surface area contributed by atoms with Gasteiger partial charge in [0.1, 0.15) is 36.1 Å². The number of ether oxygens (including phenoxy) is 2. The van der Waals surface area contributed by atoms with Gasteiger partial charge in [0.2, 0.25) is 0 Å². The van der Waals surface area contributed by atoms with Crippen LogP contribution in [-0.2, 0) is 22.8 Å². The number of hydrogen-bond acceptors (Lipinski definition) is 5. The van der Waals surface area contributed by atoms with Crippen LogP contribution in [-0.4, -0.2) is 17.8 Å². The Labute approximate surface area is 251 Å². The fourth-order valence-electron chi connectivity index (χ4n) is 4.10. The SMILES string of the molecule is O=C1NC(=O)N(c2ccc(OCc3ccccc3)cc2)C(=O)/C1=C/c1cc(Br)cc(Br)c1OCc1cccc(F)c1. The molecule has 4 amide bonds. The molecule has 4 aromatic carbocycles. The molecular formula is C31H21Br2FN2O5. The predicted octanol–water partition coefficient (Wildman–Crippen LogP) is 7.18. The number of nitrogens with zero attached hydrogens (tertiary/aromatic N) is 1. The molecule has 4 aromatic rings. The second kappa shape index (κ2) is 12.5. The molecule has 0 saturated carbocycles. The van der Waals surface area contributed by atoms with Crippen LogP contribution in [0.1, 0.15) is 16.7 Å². The highest BCUT2D eigenvalue weighted by atomic mass is 79.9. The zero-order valence-corrected chi connectivity index (χ0v) is 24.4. The van der Waals surface area contributed by atoms with Crippen molar-refractivity contribution in [3.8, 4) is 11.5 Å². The number of imide groups is 2. The summed E-state index contributed by atoms with van der Waals surface area (Å²) in [5, 5.41) is 2.22. The van der Waals surface area contributed by atoms with E-state index >= 15 is 0 Å². The van der Waals surface area contributed by atoms with Crippen molar-refractivity contribution in [3.63, 3.8) is 0 Å². The van der Waals surface area contributed by atoms with Crippen LogP contribution in [0.3, 0.4) is 0 Å². The van der Waals surface area contributed by atoms with Gasteiger partial charge in [-0.2, -0.15) is 0 Å². The van der Waals surface area contributed by atoms with E-state index in [4.69, 9.17) is 9.47 Å². The summed E-state index contributed by atoms with van der Waals surface area (Å²) in [5.41, 5.74) is 1.97. The van der Waals surface area contributed by atoms with Gasteiger partial charge in [-0.15, -0.1) is 0 Å². The Morgan fingerprint density at radius 1 is 0.805 bits per heavy atom. The molecule has 41 heavy (non-hydrogen) atoms. The van der Waals surface area contributed by atoms with Crippen molar-refractivity contribution in [1.29, 1.82) is 0 Å². The summed E-state index contributed by atoms with van der Waals surface area (Å²) in [5.74, 6) is -1.16. The van der Waals surface area contributed by atoms with Crippen LogP contribution in [0.5, 0.6) is 11.5 Å². The number of hydrogen-bond donors (Lipinski definition) is 1. The van der Waals surface area contributed by atoms with E-state index in [9.17, 15) is 18.8 Å². The van der Waals surface area contributed by atoms with Gasteiger partial charge in [-0.3, -0.25) is 14.9 Å². The third-order valence-corrected chi connectivity index (χ3v) is 7.10. The van der Waals surface area contributed by atoms with Crippen molar-refractivity contribution in [2.24, 2.45) is 0 Å². The Bertz CT molecular complexity index is 1660. The van der Waals surface area contributed by atoms with E-state index in [-0.39, 0.29) is 17.9 Å². The molecule has 206 valence electrons. The average molecular weight is 680 g/mol. The summed E-state index contributed by atoms with van der Waals surface area (Å²) in [4.78, 5) is 39.9. The molecule has 1 N–H and O–H groups in total. The average Bonchev–Trinajstić information content (AvgIpc) is 2.95. The Morgan fingerprint density at radius 2 is 1.51 bits per heavy atom. The van der Waals surface area contributed by atoms with Crippen molar-refractivity contribution in [2.45, 2.75) is 13.2 Å². The monoisotopic (exact) mass is 678 g/mol. The number of barbiturate groups is 1. The van der Waals surface area contributed by atoms with Gasteiger partial charge in [-0.25, -0.2) is 14.1 Å². The minimum atomic E-state index is -0.867. The number of carbonyl (C=O) groups excluding carboxylic acids is 3. The Morgan fingerprint density at radius 3 is 2.24 bits per heavy atom. The minimum absolute atomic E-state index is 0.0393.